The summed E-state index contributed by atoms with van der Waals surface area (Å²) in [6.07, 6.45) is 9.87. The number of hydrogen-bond acceptors (Lipinski definition) is 10. The molecular weight excluding hydrogens is 486 g/mol. The van der Waals surface area contributed by atoms with Crippen molar-refractivity contribution in [2.45, 2.75) is 44.2 Å². The molecule has 0 atom stereocenters. The molecule has 3 aromatic rings. The monoisotopic (exact) mass is 519 g/mol. The van der Waals surface area contributed by atoms with E-state index in [1.807, 2.05) is 18.2 Å². The van der Waals surface area contributed by atoms with Gasteiger partial charge in [-0.2, -0.15) is 4.98 Å². The highest BCUT2D eigenvalue weighted by atomic mass is 16.5. The maximum absolute atomic E-state index is 11.9. The van der Waals surface area contributed by atoms with Crippen LogP contribution in [0.15, 0.2) is 36.8 Å². The molecule has 0 spiro atoms. The van der Waals surface area contributed by atoms with Gasteiger partial charge in [0.2, 0.25) is 11.8 Å². The van der Waals surface area contributed by atoms with Crippen molar-refractivity contribution in [3.05, 3.63) is 36.8 Å². The minimum atomic E-state index is 0.00436. The smallest absolute Gasteiger partial charge is 0.260 e. The van der Waals surface area contributed by atoms with Crippen LogP contribution in [0.4, 0.5) is 11.8 Å². The van der Waals surface area contributed by atoms with E-state index in [9.17, 15) is 4.79 Å². The van der Waals surface area contributed by atoms with Crippen LogP contribution in [0.5, 0.6) is 11.6 Å². The molecular formula is C27H33N7O4. The number of nitrogens with one attached hydrogen (secondary N) is 1. The molecule has 3 aliphatic rings. The number of carbonyl (C=O) groups is 1. The number of amides is 1. The summed E-state index contributed by atoms with van der Waals surface area (Å²) in [7, 11) is 0. The Kier molecular flexibility index (Phi) is 7.34. The summed E-state index contributed by atoms with van der Waals surface area (Å²) in [6.45, 7) is 4.69. The van der Waals surface area contributed by atoms with E-state index in [4.69, 9.17) is 19.2 Å². The lowest BCUT2D eigenvalue weighted by Crippen LogP contribution is -2.44. The van der Waals surface area contributed by atoms with Crippen LogP contribution in [-0.4, -0.2) is 88.9 Å². The third-order valence-corrected chi connectivity index (χ3v) is 7.37. The summed E-state index contributed by atoms with van der Waals surface area (Å²) in [5, 5.41) is 4.36. The van der Waals surface area contributed by atoms with Gasteiger partial charge in [-0.05, 0) is 44.2 Å². The molecule has 1 aliphatic carbocycles. The van der Waals surface area contributed by atoms with Crippen molar-refractivity contribution in [3.63, 3.8) is 0 Å². The van der Waals surface area contributed by atoms with Gasteiger partial charge in [0.1, 0.15) is 11.9 Å². The van der Waals surface area contributed by atoms with Crippen LogP contribution < -0.4 is 19.7 Å². The zero-order valence-corrected chi connectivity index (χ0v) is 21.4. The first-order chi connectivity index (χ1) is 18.7. The molecule has 38 heavy (non-hydrogen) atoms. The summed E-state index contributed by atoms with van der Waals surface area (Å²) < 4.78 is 17.5. The van der Waals surface area contributed by atoms with E-state index in [0.717, 1.165) is 75.0 Å². The largest absolute Gasteiger partial charge is 0.481 e. The molecule has 11 nitrogen and oxygen atoms in total. The second kappa shape index (κ2) is 11.3. The zero-order valence-electron chi connectivity index (χ0n) is 21.4. The van der Waals surface area contributed by atoms with E-state index < -0.39 is 0 Å². The fourth-order valence-electron chi connectivity index (χ4n) is 5.01. The molecule has 3 fully saturated rings. The molecule has 2 aliphatic heterocycles. The Morgan fingerprint density at radius 2 is 1.84 bits per heavy atom. The van der Waals surface area contributed by atoms with Crippen LogP contribution in [0, 0.1) is 0 Å². The van der Waals surface area contributed by atoms with Crippen molar-refractivity contribution < 1.29 is 19.0 Å². The van der Waals surface area contributed by atoms with Gasteiger partial charge in [0.05, 0.1) is 36.5 Å². The number of ether oxygens (including phenoxy) is 3. The molecule has 0 unspecified atom stereocenters. The van der Waals surface area contributed by atoms with E-state index in [0.29, 0.717) is 30.8 Å². The Balaban J connectivity index is 1.02. The lowest BCUT2D eigenvalue weighted by molar-refractivity contribution is -0.136. The Bertz CT molecular complexity index is 1240. The maximum Gasteiger partial charge on any atom is 0.260 e. The predicted octanol–water partition coefficient (Wildman–Crippen LogP) is 2.67. The van der Waals surface area contributed by atoms with Gasteiger partial charge in [0.25, 0.3) is 5.91 Å². The van der Waals surface area contributed by atoms with Crippen LogP contribution in [0.3, 0.4) is 0 Å². The van der Waals surface area contributed by atoms with Gasteiger partial charge in [-0.15, -0.1) is 0 Å². The fraction of sp³-hybridized carbons (Fsp3) is 0.519. The second-order valence-electron chi connectivity index (χ2n) is 9.96. The third-order valence-electron chi connectivity index (χ3n) is 7.37. The highest BCUT2D eigenvalue weighted by Gasteiger charge is 2.25. The number of pyridine rings is 2. The SMILES string of the molecule is O=C(COc1cnc(N[C@H]2CC[C@@H](Oc3nc(N4CCOCC4)cc4ncccc34)CC2)nc1)N1CCC1. The van der Waals surface area contributed by atoms with Crippen LogP contribution in [0.1, 0.15) is 32.1 Å². The average molecular weight is 520 g/mol. The summed E-state index contributed by atoms with van der Waals surface area (Å²) in [4.78, 5) is 34.2. The lowest BCUT2D eigenvalue weighted by Gasteiger charge is -2.31. The minimum absolute atomic E-state index is 0.00436. The Labute approximate surface area is 221 Å². The molecule has 6 rings (SSSR count). The first-order valence-electron chi connectivity index (χ1n) is 13.5. The molecule has 1 N–H and O–H groups in total. The summed E-state index contributed by atoms with van der Waals surface area (Å²) in [6, 6.07) is 6.24. The first-order valence-corrected chi connectivity index (χ1v) is 13.5. The highest BCUT2D eigenvalue weighted by Crippen LogP contribution is 2.31. The molecule has 200 valence electrons. The number of nitrogens with zero attached hydrogens (tertiary/aromatic N) is 6. The van der Waals surface area contributed by atoms with Gasteiger partial charge in [0.15, 0.2) is 12.4 Å². The standard InChI is InChI=1S/C27H33N7O4/c35-25(34-9-2-10-34)18-37-21-16-29-27(30-17-21)31-19-4-6-20(7-5-19)38-26-22-3-1-8-28-23(22)15-24(32-26)33-11-13-36-14-12-33/h1,3,8,15-17,19-20H,2,4-7,9-14,18H2,(H,29,30,31)/t19-,20+. The Morgan fingerprint density at radius 3 is 2.58 bits per heavy atom. The number of hydrogen-bond donors (Lipinski definition) is 1. The van der Waals surface area contributed by atoms with Crippen molar-refractivity contribution in [1.29, 1.82) is 0 Å². The lowest BCUT2D eigenvalue weighted by atomic mass is 9.93. The van der Waals surface area contributed by atoms with E-state index in [1.165, 1.54) is 0 Å². The van der Waals surface area contributed by atoms with Gasteiger partial charge < -0.3 is 29.3 Å². The van der Waals surface area contributed by atoms with Crippen molar-refractivity contribution in [1.82, 2.24) is 24.8 Å². The molecule has 3 aromatic heterocycles. The number of rotatable bonds is 8. The number of fused-ring (bicyclic) bond motifs is 1. The molecule has 1 amide bonds. The number of likely N-dealkylation sites (tertiary alicyclic amines) is 1. The number of aromatic nitrogens is 4. The van der Waals surface area contributed by atoms with Crippen molar-refractivity contribution in [2.75, 3.05) is 56.2 Å². The molecule has 5 heterocycles. The third kappa shape index (κ3) is 5.72. The van der Waals surface area contributed by atoms with E-state index in [-0.39, 0.29) is 24.7 Å². The summed E-state index contributed by atoms with van der Waals surface area (Å²) in [5.41, 5.74) is 0.892. The molecule has 0 bridgehead atoms. The number of anilines is 2. The van der Waals surface area contributed by atoms with Gasteiger partial charge in [-0.1, -0.05) is 0 Å². The van der Waals surface area contributed by atoms with Crippen molar-refractivity contribution in [3.8, 4) is 11.6 Å². The molecule has 0 aromatic carbocycles. The van der Waals surface area contributed by atoms with Crippen LogP contribution in [-0.2, 0) is 9.53 Å². The van der Waals surface area contributed by atoms with Gasteiger partial charge in [-0.3, -0.25) is 9.78 Å². The van der Waals surface area contributed by atoms with E-state index in [2.05, 4.69) is 25.2 Å². The molecule has 0 radical (unpaired) electrons. The maximum atomic E-state index is 11.9. The van der Waals surface area contributed by atoms with Crippen molar-refractivity contribution in [2.24, 2.45) is 0 Å². The van der Waals surface area contributed by atoms with Crippen LogP contribution in [0.2, 0.25) is 0 Å². The molecule has 2 saturated heterocycles. The number of morpholine rings is 1. The first kappa shape index (κ1) is 24.6. The second-order valence-corrected chi connectivity index (χ2v) is 9.96. The highest BCUT2D eigenvalue weighted by molar-refractivity contribution is 5.85. The Morgan fingerprint density at radius 1 is 1.05 bits per heavy atom. The summed E-state index contributed by atoms with van der Waals surface area (Å²) >= 11 is 0. The fourth-order valence-corrected chi connectivity index (χ4v) is 5.01. The molecule has 11 heteroatoms. The normalized spacial score (nSPS) is 21.6. The predicted molar refractivity (Wildman–Crippen MR) is 142 cm³/mol. The summed E-state index contributed by atoms with van der Waals surface area (Å²) in [5.74, 6) is 2.60. The minimum Gasteiger partial charge on any atom is -0.481 e. The van der Waals surface area contributed by atoms with E-state index in [1.54, 1.807) is 23.5 Å². The van der Waals surface area contributed by atoms with E-state index >= 15 is 0 Å². The topological polar surface area (TPSA) is 115 Å². The van der Waals surface area contributed by atoms with Gasteiger partial charge in [0, 0.05) is 44.5 Å². The number of carbonyl (C=O) groups excluding carboxylic acids is 1. The zero-order chi connectivity index (χ0) is 25.7. The van der Waals surface area contributed by atoms with Crippen molar-refractivity contribution >= 4 is 28.6 Å². The quantitative estimate of drug-likeness (QED) is 0.476. The van der Waals surface area contributed by atoms with Crippen LogP contribution in [0.25, 0.3) is 10.9 Å². The molecule has 1 saturated carbocycles. The van der Waals surface area contributed by atoms with Crippen LogP contribution >= 0.6 is 0 Å². The average Bonchev–Trinajstić information content (AvgIpc) is 2.93. The Hall–Kier alpha value is -3.73. The van der Waals surface area contributed by atoms with Gasteiger partial charge >= 0.3 is 0 Å². The van der Waals surface area contributed by atoms with Gasteiger partial charge in [-0.25, -0.2) is 9.97 Å².